The van der Waals surface area contributed by atoms with Crippen LogP contribution in [0.15, 0.2) is 66.7 Å². The molecule has 3 aromatic rings. The Morgan fingerprint density at radius 3 is 2.16 bits per heavy atom. The lowest BCUT2D eigenvalue weighted by Gasteiger charge is -2.21. The van der Waals surface area contributed by atoms with Crippen LogP contribution in [0.5, 0.6) is 17.2 Å². The number of hydrogen-bond donors (Lipinski definition) is 2. The summed E-state index contributed by atoms with van der Waals surface area (Å²) in [6.07, 6.45) is 2.54. The van der Waals surface area contributed by atoms with Crippen LogP contribution in [0, 0.1) is 0 Å². The lowest BCUT2D eigenvalue weighted by Crippen LogP contribution is -2.25. The molecule has 1 fully saturated rings. The van der Waals surface area contributed by atoms with Crippen molar-refractivity contribution in [3.05, 3.63) is 89.0 Å². The zero-order valence-electron chi connectivity index (χ0n) is 17.9. The van der Waals surface area contributed by atoms with Crippen molar-refractivity contribution >= 4 is 5.78 Å². The fraction of sp³-hybridized carbons (Fsp3) is 0.296. The van der Waals surface area contributed by atoms with Gasteiger partial charge in [-0.25, -0.2) is 0 Å². The van der Waals surface area contributed by atoms with E-state index in [0.29, 0.717) is 12.2 Å². The fourth-order valence-electron chi connectivity index (χ4n) is 5.00. The Balaban J connectivity index is 1.42. The van der Waals surface area contributed by atoms with Gasteiger partial charge in [0.05, 0.1) is 5.92 Å². The second kappa shape index (κ2) is 8.67. The van der Waals surface area contributed by atoms with Gasteiger partial charge in [-0.05, 0) is 85.1 Å². The van der Waals surface area contributed by atoms with Gasteiger partial charge in [-0.15, -0.1) is 0 Å². The highest BCUT2D eigenvalue weighted by molar-refractivity contribution is 6.07. The summed E-state index contributed by atoms with van der Waals surface area (Å²) >= 11 is 0. The number of rotatable bonds is 6. The SMILES string of the molecule is O=C1c2ccc(O)cc2C(c2ccc(OCCN3CCCC3)cc2)C1c1ccc(O)cc1. The van der Waals surface area contributed by atoms with E-state index in [4.69, 9.17) is 4.74 Å². The topological polar surface area (TPSA) is 70.0 Å². The van der Waals surface area contributed by atoms with Crippen LogP contribution in [-0.2, 0) is 0 Å². The first-order valence-corrected chi connectivity index (χ1v) is 11.2. The van der Waals surface area contributed by atoms with Gasteiger partial charge in [0, 0.05) is 18.0 Å². The summed E-state index contributed by atoms with van der Waals surface area (Å²) in [6.45, 7) is 3.91. The maximum Gasteiger partial charge on any atom is 0.171 e. The Morgan fingerprint density at radius 2 is 1.44 bits per heavy atom. The van der Waals surface area contributed by atoms with Gasteiger partial charge in [0.1, 0.15) is 23.9 Å². The summed E-state index contributed by atoms with van der Waals surface area (Å²) in [5, 5.41) is 19.8. The van der Waals surface area contributed by atoms with Gasteiger partial charge in [0.2, 0.25) is 0 Å². The van der Waals surface area contributed by atoms with Crippen molar-refractivity contribution in [2.24, 2.45) is 0 Å². The molecular formula is C27H27NO4. The summed E-state index contributed by atoms with van der Waals surface area (Å²) in [5.74, 6) is 0.537. The Morgan fingerprint density at radius 1 is 0.812 bits per heavy atom. The number of ketones is 1. The van der Waals surface area contributed by atoms with Crippen LogP contribution in [0.1, 0.15) is 51.7 Å². The first kappa shape index (κ1) is 20.6. The standard InChI is InChI=1S/C27H27NO4/c29-20-7-3-19(4-8-20)26-25(24-17-21(30)9-12-23(24)27(26)31)18-5-10-22(11-6-18)32-16-15-28-13-1-2-14-28/h3-12,17,25-26,29-30H,1-2,13-16H2. The summed E-state index contributed by atoms with van der Waals surface area (Å²) in [7, 11) is 0. The monoisotopic (exact) mass is 429 g/mol. The van der Waals surface area contributed by atoms with Crippen molar-refractivity contribution in [3.8, 4) is 17.2 Å². The number of fused-ring (bicyclic) bond motifs is 1. The number of carbonyl (C=O) groups is 1. The first-order valence-electron chi connectivity index (χ1n) is 11.2. The van der Waals surface area contributed by atoms with E-state index >= 15 is 0 Å². The van der Waals surface area contributed by atoms with Gasteiger partial charge in [-0.3, -0.25) is 9.69 Å². The molecule has 32 heavy (non-hydrogen) atoms. The highest BCUT2D eigenvalue weighted by Crippen LogP contribution is 2.48. The normalized spacial score (nSPS) is 20.4. The largest absolute Gasteiger partial charge is 0.508 e. The van der Waals surface area contributed by atoms with E-state index < -0.39 is 5.92 Å². The van der Waals surface area contributed by atoms with Gasteiger partial charge < -0.3 is 14.9 Å². The number of hydrogen-bond acceptors (Lipinski definition) is 5. The molecule has 2 atom stereocenters. The molecular weight excluding hydrogens is 402 g/mol. The minimum absolute atomic E-state index is 0.0293. The lowest BCUT2D eigenvalue weighted by molar-refractivity contribution is 0.0968. The van der Waals surface area contributed by atoms with Crippen molar-refractivity contribution in [1.82, 2.24) is 4.90 Å². The summed E-state index contributed by atoms with van der Waals surface area (Å²) in [4.78, 5) is 15.8. The van der Waals surface area contributed by atoms with Crippen LogP contribution in [0.4, 0.5) is 0 Å². The van der Waals surface area contributed by atoms with Gasteiger partial charge in [-0.1, -0.05) is 24.3 Å². The third-order valence-corrected chi connectivity index (χ3v) is 6.62. The van der Waals surface area contributed by atoms with Crippen LogP contribution < -0.4 is 4.74 Å². The average molecular weight is 430 g/mol. The molecule has 1 saturated heterocycles. The molecule has 5 heteroatoms. The van der Waals surface area contributed by atoms with Crippen molar-refractivity contribution in [2.45, 2.75) is 24.7 Å². The Labute approximate surface area is 187 Å². The molecule has 0 bridgehead atoms. The second-order valence-electron chi connectivity index (χ2n) is 8.65. The third-order valence-electron chi connectivity index (χ3n) is 6.62. The van der Waals surface area contributed by atoms with Crippen molar-refractivity contribution in [1.29, 1.82) is 0 Å². The number of carbonyl (C=O) groups excluding carboxylic acids is 1. The number of benzene rings is 3. The maximum atomic E-state index is 13.3. The molecule has 2 aliphatic rings. The maximum absolute atomic E-state index is 13.3. The molecule has 5 rings (SSSR count). The zero-order chi connectivity index (χ0) is 22.1. The van der Waals surface area contributed by atoms with Crippen molar-refractivity contribution in [3.63, 3.8) is 0 Å². The molecule has 5 nitrogen and oxygen atoms in total. The van der Waals surface area contributed by atoms with Gasteiger partial charge in [0.25, 0.3) is 0 Å². The lowest BCUT2D eigenvalue weighted by atomic mass is 9.81. The second-order valence-corrected chi connectivity index (χ2v) is 8.65. The van der Waals surface area contributed by atoms with Crippen molar-refractivity contribution in [2.75, 3.05) is 26.2 Å². The van der Waals surface area contributed by atoms with Crippen LogP contribution >= 0.6 is 0 Å². The number of nitrogens with zero attached hydrogens (tertiary/aromatic N) is 1. The van der Waals surface area contributed by atoms with Gasteiger partial charge in [-0.2, -0.15) is 0 Å². The van der Waals surface area contributed by atoms with E-state index in [1.807, 2.05) is 24.3 Å². The number of Topliss-reactive ketones (excluding diaryl/α,β-unsaturated/α-hetero) is 1. The molecule has 0 radical (unpaired) electrons. The van der Waals surface area contributed by atoms with E-state index in [-0.39, 0.29) is 23.2 Å². The summed E-state index contributed by atoms with van der Waals surface area (Å²) < 4.78 is 5.94. The molecule has 0 spiro atoms. The zero-order valence-corrected chi connectivity index (χ0v) is 17.9. The Kier molecular flexibility index (Phi) is 5.58. The van der Waals surface area contributed by atoms with E-state index in [1.165, 1.54) is 12.8 Å². The first-order chi connectivity index (χ1) is 15.6. The van der Waals surface area contributed by atoms with Crippen LogP contribution in [-0.4, -0.2) is 47.1 Å². The molecule has 0 saturated carbocycles. The highest BCUT2D eigenvalue weighted by atomic mass is 16.5. The Hall–Kier alpha value is -3.31. The number of likely N-dealkylation sites (tertiary alicyclic amines) is 1. The van der Waals surface area contributed by atoms with Gasteiger partial charge in [0.15, 0.2) is 5.78 Å². The predicted molar refractivity (Wildman–Crippen MR) is 123 cm³/mol. The minimum Gasteiger partial charge on any atom is -0.508 e. The predicted octanol–water partition coefficient (Wildman–Crippen LogP) is 4.68. The molecule has 2 unspecified atom stereocenters. The quantitative estimate of drug-likeness (QED) is 0.595. The van der Waals surface area contributed by atoms with Crippen LogP contribution in [0.3, 0.4) is 0 Å². The molecule has 0 aromatic heterocycles. The van der Waals surface area contributed by atoms with Crippen LogP contribution in [0.2, 0.25) is 0 Å². The molecule has 2 N–H and O–H groups in total. The van der Waals surface area contributed by atoms with E-state index in [1.54, 1.807) is 42.5 Å². The van der Waals surface area contributed by atoms with E-state index in [2.05, 4.69) is 4.90 Å². The third kappa shape index (κ3) is 3.96. The number of phenolic OH excluding ortho intramolecular Hbond substituents is 2. The van der Waals surface area contributed by atoms with Gasteiger partial charge >= 0.3 is 0 Å². The molecule has 3 aromatic carbocycles. The molecule has 0 amide bonds. The van der Waals surface area contributed by atoms with Crippen LogP contribution in [0.25, 0.3) is 0 Å². The smallest absolute Gasteiger partial charge is 0.171 e. The number of aromatic hydroxyl groups is 2. The highest BCUT2D eigenvalue weighted by Gasteiger charge is 2.41. The van der Waals surface area contributed by atoms with E-state index in [0.717, 1.165) is 42.1 Å². The Bertz CT molecular complexity index is 1100. The summed E-state index contributed by atoms with van der Waals surface area (Å²) in [6, 6.07) is 19.7. The number of ether oxygens (including phenoxy) is 1. The minimum atomic E-state index is -0.408. The molecule has 1 aliphatic carbocycles. The fourth-order valence-corrected chi connectivity index (χ4v) is 5.00. The molecule has 164 valence electrons. The van der Waals surface area contributed by atoms with E-state index in [9.17, 15) is 15.0 Å². The summed E-state index contributed by atoms with van der Waals surface area (Å²) in [5.41, 5.74) is 3.31. The number of phenols is 2. The van der Waals surface area contributed by atoms with Crippen molar-refractivity contribution < 1.29 is 19.7 Å². The average Bonchev–Trinajstić information content (AvgIpc) is 3.41. The molecule has 1 aliphatic heterocycles. The molecule has 1 heterocycles.